The van der Waals surface area contributed by atoms with Gasteiger partial charge in [0.1, 0.15) is 22.7 Å². The molecule has 1 saturated heterocycles. The van der Waals surface area contributed by atoms with Crippen LogP contribution in [0.15, 0.2) is 54.9 Å². The molecule has 4 heterocycles. The van der Waals surface area contributed by atoms with Crippen molar-refractivity contribution >= 4 is 34.5 Å². The highest BCUT2D eigenvalue weighted by Crippen LogP contribution is 2.35. The highest BCUT2D eigenvalue weighted by Gasteiger charge is 2.35. The van der Waals surface area contributed by atoms with Gasteiger partial charge in [-0.05, 0) is 62.1 Å². The Morgan fingerprint density at radius 1 is 1.08 bits per heavy atom. The van der Waals surface area contributed by atoms with Gasteiger partial charge in [-0.2, -0.15) is 10.4 Å². The van der Waals surface area contributed by atoms with Crippen LogP contribution < -0.4 is 15.4 Å². The molecule has 1 aliphatic heterocycles. The molecule has 2 aliphatic rings. The van der Waals surface area contributed by atoms with E-state index in [1.807, 2.05) is 11.0 Å². The lowest BCUT2D eigenvalue weighted by Crippen LogP contribution is -2.45. The minimum absolute atomic E-state index is 0.0853. The van der Waals surface area contributed by atoms with Gasteiger partial charge in [-0.15, -0.1) is 0 Å². The molecular weight excluding hydrogens is 496 g/mol. The van der Waals surface area contributed by atoms with Crippen LogP contribution in [0.2, 0.25) is 0 Å². The molecule has 11 heteroatoms. The van der Waals surface area contributed by atoms with Gasteiger partial charge in [-0.25, -0.2) is 9.97 Å². The number of pyridine rings is 2. The van der Waals surface area contributed by atoms with Crippen LogP contribution in [0.4, 0.5) is 11.6 Å². The third-order valence-corrected chi connectivity index (χ3v) is 6.90. The van der Waals surface area contributed by atoms with Gasteiger partial charge < -0.3 is 20.3 Å². The molecule has 0 bridgehead atoms. The second-order valence-electron chi connectivity index (χ2n) is 9.77. The highest BCUT2D eigenvalue weighted by atomic mass is 16.5. The van der Waals surface area contributed by atoms with Gasteiger partial charge in [0.2, 0.25) is 5.91 Å². The Balaban J connectivity index is 1.15. The van der Waals surface area contributed by atoms with Gasteiger partial charge in [0, 0.05) is 49.1 Å². The summed E-state index contributed by atoms with van der Waals surface area (Å²) in [4.78, 5) is 35.6. The number of nitriles is 1. The summed E-state index contributed by atoms with van der Waals surface area (Å²) in [5, 5.41) is 23.3. The number of ether oxygens (including phenoxy) is 1. The summed E-state index contributed by atoms with van der Waals surface area (Å²) in [7, 11) is 0. The molecule has 0 radical (unpaired) electrons. The first-order valence-corrected chi connectivity index (χ1v) is 12.9. The number of amides is 2. The first-order chi connectivity index (χ1) is 19.1. The molecule has 1 saturated carbocycles. The molecule has 1 unspecified atom stereocenters. The Bertz CT molecular complexity index is 1570. The van der Waals surface area contributed by atoms with E-state index < -0.39 is 0 Å². The number of carbonyl (C=O) groups excluding carboxylic acids is 2. The lowest BCUT2D eigenvalue weighted by Gasteiger charge is -2.33. The van der Waals surface area contributed by atoms with E-state index in [0.29, 0.717) is 51.8 Å². The molecule has 3 aromatic heterocycles. The zero-order valence-corrected chi connectivity index (χ0v) is 21.1. The molecule has 2 fully saturated rings. The van der Waals surface area contributed by atoms with Crippen molar-refractivity contribution in [2.45, 2.75) is 31.7 Å². The Kier molecular flexibility index (Phi) is 6.50. The topological polar surface area (TPSA) is 149 Å². The van der Waals surface area contributed by atoms with E-state index in [2.05, 4.69) is 30.8 Å². The summed E-state index contributed by atoms with van der Waals surface area (Å²) in [6.07, 6.45) is 7.00. The van der Waals surface area contributed by atoms with Crippen LogP contribution in [0.3, 0.4) is 0 Å². The Labute approximate surface area is 224 Å². The average Bonchev–Trinajstić information content (AvgIpc) is 3.74. The zero-order valence-electron chi connectivity index (χ0n) is 21.1. The quantitative estimate of drug-likeness (QED) is 0.329. The number of piperidine rings is 1. The van der Waals surface area contributed by atoms with Crippen molar-refractivity contribution in [1.82, 2.24) is 25.1 Å². The number of fused-ring (bicyclic) bond motifs is 1. The third-order valence-electron chi connectivity index (χ3n) is 6.90. The van der Waals surface area contributed by atoms with Crippen LogP contribution in [0.1, 0.15) is 41.6 Å². The van der Waals surface area contributed by atoms with E-state index in [9.17, 15) is 9.59 Å². The van der Waals surface area contributed by atoms with Gasteiger partial charge in [0.25, 0.3) is 5.91 Å². The van der Waals surface area contributed by atoms with Crippen molar-refractivity contribution in [2.24, 2.45) is 5.92 Å². The fourth-order valence-corrected chi connectivity index (χ4v) is 4.75. The molecule has 39 heavy (non-hydrogen) atoms. The lowest BCUT2D eigenvalue weighted by molar-refractivity contribution is -0.133. The summed E-state index contributed by atoms with van der Waals surface area (Å²) >= 11 is 0. The van der Waals surface area contributed by atoms with E-state index in [-0.39, 0.29) is 23.8 Å². The molecule has 1 aliphatic carbocycles. The molecule has 2 amide bonds. The minimum atomic E-state index is -0.349. The van der Waals surface area contributed by atoms with Crippen LogP contribution in [0, 0.1) is 17.2 Å². The van der Waals surface area contributed by atoms with E-state index in [0.717, 1.165) is 32.2 Å². The Hall–Kier alpha value is -4.98. The molecule has 1 aromatic carbocycles. The number of nitrogens with zero attached hydrogens (tertiary/aromatic N) is 5. The minimum Gasteiger partial charge on any atom is -0.456 e. The summed E-state index contributed by atoms with van der Waals surface area (Å²) in [6, 6.07) is 13.7. The van der Waals surface area contributed by atoms with Crippen molar-refractivity contribution < 1.29 is 14.3 Å². The number of carbonyl (C=O) groups is 2. The molecule has 0 spiro atoms. The number of benzene rings is 1. The summed E-state index contributed by atoms with van der Waals surface area (Å²) in [6.45, 7) is 1.46. The van der Waals surface area contributed by atoms with E-state index in [1.54, 1.807) is 42.6 Å². The summed E-state index contributed by atoms with van der Waals surface area (Å²) in [5.41, 5.74) is 1.41. The number of rotatable bonds is 7. The van der Waals surface area contributed by atoms with Gasteiger partial charge in [0.05, 0.1) is 11.6 Å². The predicted octanol–water partition coefficient (Wildman–Crippen LogP) is 4.08. The lowest BCUT2D eigenvalue weighted by atomic mass is 10.0. The first kappa shape index (κ1) is 24.4. The highest BCUT2D eigenvalue weighted by molar-refractivity contribution is 6.03. The fourth-order valence-electron chi connectivity index (χ4n) is 4.75. The van der Waals surface area contributed by atoms with Crippen molar-refractivity contribution in [1.29, 1.82) is 5.26 Å². The maximum Gasteiger partial charge on any atom is 0.256 e. The van der Waals surface area contributed by atoms with Crippen LogP contribution >= 0.6 is 0 Å². The Morgan fingerprint density at radius 3 is 2.69 bits per heavy atom. The van der Waals surface area contributed by atoms with E-state index in [4.69, 9.17) is 10.00 Å². The normalized spacial score (nSPS) is 16.9. The van der Waals surface area contributed by atoms with Gasteiger partial charge in [-0.1, -0.05) is 0 Å². The average molecular weight is 523 g/mol. The molecule has 196 valence electrons. The predicted molar refractivity (Wildman–Crippen MR) is 143 cm³/mol. The smallest absolute Gasteiger partial charge is 0.256 e. The molecule has 4 aromatic rings. The molecule has 3 N–H and O–H groups in total. The largest absolute Gasteiger partial charge is 0.456 e. The number of hydrogen-bond acceptors (Lipinski definition) is 8. The second kappa shape index (κ2) is 10.4. The van der Waals surface area contributed by atoms with Gasteiger partial charge in [0.15, 0.2) is 11.5 Å². The number of anilines is 2. The number of aromatic nitrogens is 4. The monoisotopic (exact) mass is 522 g/mol. The number of nitrogens with one attached hydrogen (secondary N) is 3. The zero-order chi connectivity index (χ0) is 26.8. The molecule has 6 rings (SSSR count). The number of likely N-dealkylation sites (tertiary alicyclic amines) is 1. The number of hydrogen-bond donors (Lipinski definition) is 3. The van der Waals surface area contributed by atoms with Crippen LogP contribution in [-0.4, -0.2) is 56.0 Å². The Morgan fingerprint density at radius 2 is 1.90 bits per heavy atom. The maximum atomic E-state index is 12.6. The van der Waals surface area contributed by atoms with Crippen molar-refractivity contribution in [3.63, 3.8) is 0 Å². The number of aromatic amines is 1. The van der Waals surface area contributed by atoms with Crippen molar-refractivity contribution in [2.75, 3.05) is 23.7 Å². The molecular formula is C28H26N8O3. The summed E-state index contributed by atoms with van der Waals surface area (Å²) < 4.78 is 6.18. The maximum absolute atomic E-state index is 12.6. The van der Waals surface area contributed by atoms with E-state index in [1.165, 1.54) is 12.3 Å². The van der Waals surface area contributed by atoms with Crippen molar-refractivity contribution in [3.05, 3.63) is 66.0 Å². The third kappa shape index (κ3) is 5.36. The van der Waals surface area contributed by atoms with Crippen LogP contribution in [-0.2, 0) is 4.79 Å². The van der Waals surface area contributed by atoms with Gasteiger partial charge in [-0.3, -0.25) is 14.7 Å². The van der Waals surface area contributed by atoms with Crippen LogP contribution in [0.5, 0.6) is 11.5 Å². The van der Waals surface area contributed by atoms with Gasteiger partial charge >= 0.3 is 0 Å². The van der Waals surface area contributed by atoms with Crippen LogP contribution in [0.25, 0.3) is 11.0 Å². The summed E-state index contributed by atoms with van der Waals surface area (Å²) in [5.74, 6) is 2.16. The SMILES string of the molecule is N#Cc1ccnc(NC(=O)c2ccc(Oc3ccnc4[nH]nc(NC5CCCN(C(=O)C6CC6)C5)c34)cc2)c1. The van der Waals surface area contributed by atoms with E-state index >= 15 is 0 Å². The molecule has 11 nitrogen and oxygen atoms in total. The van der Waals surface area contributed by atoms with Crippen molar-refractivity contribution in [3.8, 4) is 17.6 Å². The number of H-pyrrole nitrogens is 1. The first-order valence-electron chi connectivity index (χ1n) is 12.9. The second-order valence-corrected chi connectivity index (χ2v) is 9.77. The standard InChI is InChI=1S/C28H26N8O3/c29-15-17-9-11-30-23(14-17)33-27(37)18-5-7-21(8-6-18)39-22-10-12-31-25-24(22)26(35-34-25)32-20-2-1-13-36(16-20)28(38)19-3-4-19/h5-12,14,19-20H,1-4,13,16H2,(H,30,33,37)(H2,31,32,34,35). The molecule has 1 atom stereocenters. The fraction of sp³-hybridized carbons (Fsp3) is 0.286.